The summed E-state index contributed by atoms with van der Waals surface area (Å²) in [4.78, 5) is 53.0. The molecule has 2 aliphatic heterocycles. The minimum Gasteiger partial charge on any atom is -0.508 e. The molecule has 16 heteroatoms. The lowest BCUT2D eigenvalue weighted by atomic mass is 10.0. The lowest BCUT2D eigenvalue weighted by molar-refractivity contribution is -0.121. The molecule has 57 heavy (non-hydrogen) atoms. The van der Waals surface area contributed by atoms with Crippen molar-refractivity contribution < 1.29 is 24.9 Å². The van der Waals surface area contributed by atoms with Crippen LogP contribution in [0.4, 0.5) is 17.5 Å². The molecule has 0 saturated carbocycles. The number of aromatic hydroxyl groups is 3. The second-order valence-electron chi connectivity index (χ2n) is 14.1. The molecule has 0 aliphatic carbocycles. The van der Waals surface area contributed by atoms with Crippen LogP contribution in [0.3, 0.4) is 0 Å². The Kier molecular flexibility index (Phi) is 10.3. The molecular formula is C41H42N10O6. The minimum absolute atomic E-state index is 0.109. The van der Waals surface area contributed by atoms with Gasteiger partial charge in [-0.15, -0.1) is 0 Å². The van der Waals surface area contributed by atoms with Crippen LogP contribution < -0.4 is 26.1 Å². The van der Waals surface area contributed by atoms with Gasteiger partial charge >= 0.3 is 5.69 Å². The van der Waals surface area contributed by atoms with Crippen LogP contribution in [0, 0.1) is 0 Å². The number of phenolic OH excluding ortho intramolecular Hbond substituents is 3. The number of amides is 2. The second kappa shape index (κ2) is 15.9. The van der Waals surface area contributed by atoms with Crippen LogP contribution in [0.25, 0.3) is 27.8 Å². The standard InChI is InChI=1S/C41H42N10O6/c52-25-48-17-19-49(20-18-48)38-32-13-16-50(35-22-30(54)21-27-3-1-2-4-31(27)35)24-34(32)44-40(45-38)43-15-12-37(56)42-14-11-26-5-7-28(8-6-26)51-39(46-47-41(51)57)33-10-9-29(53)23-36(33)55/h1-10,21-23,25,53-55H,11-20,24H2,(H,42,56)(H,47,57)(H,43,44,45). The number of fused-ring (bicyclic) bond motifs is 2. The molecule has 16 nitrogen and oxygen atoms in total. The van der Waals surface area contributed by atoms with E-state index in [4.69, 9.17) is 9.97 Å². The van der Waals surface area contributed by atoms with Crippen molar-refractivity contribution in [1.82, 2.24) is 34.9 Å². The Labute approximate surface area is 327 Å². The highest BCUT2D eigenvalue weighted by Gasteiger charge is 2.28. The molecule has 1 fully saturated rings. The molecule has 1 saturated heterocycles. The highest BCUT2D eigenvalue weighted by atomic mass is 16.3. The number of anilines is 3. The van der Waals surface area contributed by atoms with Crippen molar-refractivity contribution in [1.29, 1.82) is 0 Å². The van der Waals surface area contributed by atoms with Gasteiger partial charge in [0.05, 0.1) is 23.5 Å². The third-order valence-electron chi connectivity index (χ3n) is 10.4. The number of hydrogen-bond acceptors (Lipinski definition) is 12. The van der Waals surface area contributed by atoms with E-state index in [1.54, 1.807) is 29.2 Å². The number of phenols is 3. The van der Waals surface area contributed by atoms with E-state index in [2.05, 4.69) is 36.7 Å². The van der Waals surface area contributed by atoms with E-state index in [-0.39, 0.29) is 41.0 Å². The number of carbonyl (C=O) groups excluding carboxylic acids is 2. The highest BCUT2D eigenvalue weighted by Crippen LogP contribution is 2.36. The molecule has 2 aliphatic rings. The van der Waals surface area contributed by atoms with Crippen molar-refractivity contribution in [2.45, 2.75) is 25.8 Å². The summed E-state index contributed by atoms with van der Waals surface area (Å²) >= 11 is 0. The van der Waals surface area contributed by atoms with Gasteiger partial charge < -0.3 is 40.7 Å². The van der Waals surface area contributed by atoms with E-state index in [1.165, 1.54) is 22.8 Å². The van der Waals surface area contributed by atoms with E-state index in [1.807, 2.05) is 30.3 Å². The summed E-state index contributed by atoms with van der Waals surface area (Å²) in [5.74, 6) is 1.22. The third-order valence-corrected chi connectivity index (χ3v) is 10.4. The first-order chi connectivity index (χ1) is 27.7. The van der Waals surface area contributed by atoms with Crippen molar-refractivity contribution in [2.24, 2.45) is 0 Å². The average molecular weight is 771 g/mol. The average Bonchev–Trinajstić information content (AvgIpc) is 3.60. The van der Waals surface area contributed by atoms with Gasteiger partial charge in [0.15, 0.2) is 5.82 Å². The Morgan fingerprint density at radius 3 is 2.46 bits per heavy atom. The van der Waals surface area contributed by atoms with Crippen LogP contribution >= 0.6 is 0 Å². The van der Waals surface area contributed by atoms with Crippen LogP contribution in [0.1, 0.15) is 23.2 Å². The Bertz CT molecular complexity index is 2490. The summed E-state index contributed by atoms with van der Waals surface area (Å²) in [6.45, 7) is 4.48. The van der Waals surface area contributed by atoms with Gasteiger partial charge in [0.1, 0.15) is 23.1 Å². The molecule has 0 atom stereocenters. The zero-order valence-corrected chi connectivity index (χ0v) is 31.1. The van der Waals surface area contributed by atoms with Gasteiger partial charge in [0.2, 0.25) is 18.3 Å². The molecule has 2 aromatic heterocycles. The van der Waals surface area contributed by atoms with E-state index >= 15 is 0 Å². The minimum atomic E-state index is -0.482. The fourth-order valence-electron chi connectivity index (χ4n) is 7.49. The number of nitrogens with zero attached hydrogens (tertiary/aromatic N) is 7. The molecule has 0 spiro atoms. The fraction of sp³-hybridized carbons (Fsp3) is 0.268. The number of piperazine rings is 1. The maximum atomic E-state index is 12.9. The molecule has 6 N–H and O–H groups in total. The van der Waals surface area contributed by atoms with Crippen molar-refractivity contribution in [2.75, 3.05) is 60.9 Å². The zero-order valence-electron chi connectivity index (χ0n) is 31.1. The Morgan fingerprint density at radius 2 is 1.67 bits per heavy atom. The fourth-order valence-corrected chi connectivity index (χ4v) is 7.49. The number of hydrogen-bond donors (Lipinski definition) is 6. The van der Waals surface area contributed by atoms with Crippen molar-refractivity contribution in [3.63, 3.8) is 0 Å². The molecule has 292 valence electrons. The van der Waals surface area contributed by atoms with Crippen molar-refractivity contribution in [3.05, 3.63) is 106 Å². The van der Waals surface area contributed by atoms with Crippen molar-refractivity contribution >= 4 is 40.5 Å². The summed E-state index contributed by atoms with van der Waals surface area (Å²) in [6.07, 6.45) is 2.35. The van der Waals surface area contributed by atoms with E-state index in [0.29, 0.717) is 70.3 Å². The van der Waals surface area contributed by atoms with Gasteiger partial charge in [-0.05, 0) is 54.1 Å². The van der Waals surface area contributed by atoms with E-state index in [0.717, 1.165) is 52.1 Å². The number of H-pyrrole nitrogens is 1. The molecule has 8 rings (SSSR count). The summed E-state index contributed by atoms with van der Waals surface area (Å²) in [7, 11) is 0. The van der Waals surface area contributed by atoms with Crippen LogP contribution in [-0.4, -0.2) is 103 Å². The van der Waals surface area contributed by atoms with Gasteiger partial charge in [-0.2, -0.15) is 10.1 Å². The largest absolute Gasteiger partial charge is 0.508 e. The van der Waals surface area contributed by atoms with Crippen LogP contribution in [-0.2, 0) is 29.0 Å². The number of aromatic nitrogens is 5. The summed E-state index contributed by atoms with van der Waals surface area (Å²) in [5, 5.41) is 45.3. The molecule has 6 aromatic rings. The number of benzene rings is 4. The second-order valence-corrected chi connectivity index (χ2v) is 14.1. The van der Waals surface area contributed by atoms with E-state index < -0.39 is 5.69 Å². The number of aromatic amines is 1. The lowest BCUT2D eigenvalue weighted by Crippen LogP contribution is -2.47. The summed E-state index contributed by atoms with van der Waals surface area (Å²) < 4.78 is 1.33. The predicted octanol–water partition coefficient (Wildman–Crippen LogP) is 3.29. The Hall–Kier alpha value is -7.10. The maximum absolute atomic E-state index is 12.9. The molecule has 2 amide bonds. The van der Waals surface area contributed by atoms with E-state index in [9.17, 15) is 29.7 Å². The van der Waals surface area contributed by atoms with Gasteiger partial charge in [-0.25, -0.2) is 19.4 Å². The first-order valence-electron chi connectivity index (χ1n) is 18.8. The van der Waals surface area contributed by atoms with Gasteiger partial charge in [0.25, 0.3) is 0 Å². The number of carbonyl (C=O) groups is 2. The normalized spacial score (nSPS) is 14.1. The molecule has 4 heterocycles. The van der Waals surface area contributed by atoms with Crippen molar-refractivity contribution in [3.8, 4) is 34.3 Å². The first-order valence-corrected chi connectivity index (χ1v) is 18.8. The first kappa shape index (κ1) is 36.9. The van der Waals surface area contributed by atoms with Gasteiger partial charge in [-0.1, -0.05) is 36.4 Å². The number of rotatable bonds is 12. The number of nitrogens with one attached hydrogen (secondary N) is 3. The molecule has 0 bridgehead atoms. The lowest BCUT2D eigenvalue weighted by Gasteiger charge is -2.37. The highest BCUT2D eigenvalue weighted by molar-refractivity contribution is 5.95. The predicted molar refractivity (Wildman–Crippen MR) is 215 cm³/mol. The van der Waals surface area contributed by atoms with Gasteiger partial charge in [-0.3, -0.25) is 9.59 Å². The Balaban J connectivity index is 0.901. The zero-order chi connectivity index (χ0) is 39.5. The smallest absolute Gasteiger partial charge is 0.348 e. The summed E-state index contributed by atoms with van der Waals surface area (Å²) in [5.41, 5.74) is 4.16. The SMILES string of the molecule is O=CN1CCN(c2nc(NCCC(=O)NCCc3ccc(-n4c(-c5ccc(O)cc5O)n[nH]c4=O)cc3)nc3c2CCN(c2cc(O)cc4ccccc24)C3)CC1. The molecule has 0 unspecified atom stereocenters. The topological polar surface area (TPSA) is 205 Å². The maximum Gasteiger partial charge on any atom is 0.348 e. The third kappa shape index (κ3) is 7.87. The van der Waals surface area contributed by atoms with Gasteiger partial charge in [0, 0.05) is 81.0 Å². The molecule has 4 aromatic carbocycles. The quantitative estimate of drug-likeness (QED) is 0.0993. The van der Waals surface area contributed by atoms with Crippen LogP contribution in [0.5, 0.6) is 17.2 Å². The monoisotopic (exact) mass is 770 g/mol. The molecule has 0 radical (unpaired) electrons. The summed E-state index contributed by atoms with van der Waals surface area (Å²) in [6, 6.07) is 22.9. The Morgan fingerprint density at radius 1 is 0.860 bits per heavy atom. The molecular weight excluding hydrogens is 729 g/mol. The van der Waals surface area contributed by atoms with Crippen LogP contribution in [0.2, 0.25) is 0 Å². The van der Waals surface area contributed by atoms with Crippen LogP contribution in [0.15, 0.2) is 83.7 Å².